The molecule has 0 aromatic heterocycles. The highest BCUT2D eigenvalue weighted by atomic mass is 19.1. The number of methoxy groups -OCH3 is 1. The van der Waals surface area contributed by atoms with Crippen LogP contribution >= 0.6 is 0 Å². The second-order valence-corrected chi connectivity index (χ2v) is 6.88. The number of nitrogens with zero attached hydrogens (tertiary/aromatic N) is 2. The van der Waals surface area contributed by atoms with Crippen LogP contribution in [0.1, 0.15) is 29.6 Å². The standard InChI is InChI=1S/C19H27FN2O3/c1-24-18-12-16(5-6-17(18)20)19(23)22-8-3-7-21(9-10-22)13-15-4-2-11-25-14-15/h5-6,12,15H,2-4,7-11,13-14H2,1H3. The number of ether oxygens (including phenoxy) is 2. The van der Waals surface area contributed by atoms with Gasteiger partial charge in [-0.2, -0.15) is 0 Å². The smallest absolute Gasteiger partial charge is 0.254 e. The maximum atomic E-state index is 13.5. The molecule has 0 aliphatic carbocycles. The molecule has 1 aromatic rings. The van der Waals surface area contributed by atoms with Gasteiger partial charge in [0, 0.05) is 38.3 Å². The molecule has 1 aromatic carbocycles. The van der Waals surface area contributed by atoms with Gasteiger partial charge < -0.3 is 19.3 Å². The van der Waals surface area contributed by atoms with E-state index in [1.165, 1.54) is 31.7 Å². The summed E-state index contributed by atoms with van der Waals surface area (Å²) in [5.41, 5.74) is 0.479. The Labute approximate surface area is 148 Å². The first-order valence-corrected chi connectivity index (χ1v) is 9.10. The van der Waals surface area contributed by atoms with Gasteiger partial charge in [0.2, 0.25) is 0 Å². The lowest BCUT2D eigenvalue weighted by molar-refractivity contribution is 0.0389. The first-order chi connectivity index (χ1) is 12.2. The van der Waals surface area contributed by atoms with Crippen molar-refractivity contribution in [2.24, 2.45) is 5.92 Å². The van der Waals surface area contributed by atoms with Gasteiger partial charge in [-0.05, 0) is 49.9 Å². The van der Waals surface area contributed by atoms with Gasteiger partial charge in [-0.25, -0.2) is 4.39 Å². The summed E-state index contributed by atoms with van der Waals surface area (Å²) in [6.07, 6.45) is 3.34. The normalized spacial score (nSPS) is 22.5. The lowest BCUT2D eigenvalue weighted by Gasteiger charge is -2.28. The minimum atomic E-state index is -0.448. The fraction of sp³-hybridized carbons (Fsp3) is 0.632. The van der Waals surface area contributed by atoms with Gasteiger partial charge in [0.1, 0.15) is 0 Å². The monoisotopic (exact) mass is 350 g/mol. The van der Waals surface area contributed by atoms with E-state index in [2.05, 4.69) is 4.90 Å². The molecule has 25 heavy (non-hydrogen) atoms. The minimum absolute atomic E-state index is 0.0545. The molecule has 2 aliphatic heterocycles. The average molecular weight is 350 g/mol. The van der Waals surface area contributed by atoms with E-state index in [0.717, 1.165) is 52.2 Å². The lowest BCUT2D eigenvalue weighted by atomic mass is 10.0. The predicted molar refractivity (Wildman–Crippen MR) is 93.5 cm³/mol. The molecule has 2 aliphatic rings. The summed E-state index contributed by atoms with van der Waals surface area (Å²) in [6, 6.07) is 4.31. The van der Waals surface area contributed by atoms with E-state index in [4.69, 9.17) is 9.47 Å². The van der Waals surface area contributed by atoms with Crippen LogP contribution in [-0.4, -0.2) is 68.8 Å². The van der Waals surface area contributed by atoms with E-state index in [0.29, 0.717) is 18.0 Å². The summed E-state index contributed by atoms with van der Waals surface area (Å²) < 4.78 is 24.1. The molecule has 0 saturated carbocycles. The Morgan fingerprint density at radius 3 is 2.92 bits per heavy atom. The number of halogens is 1. The molecule has 2 saturated heterocycles. The van der Waals surface area contributed by atoms with Crippen molar-refractivity contribution in [3.8, 4) is 5.75 Å². The van der Waals surface area contributed by atoms with Crippen LogP contribution in [0.2, 0.25) is 0 Å². The number of hydrogen-bond acceptors (Lipinski definition) is 4. The van der Waals surface area contributed by atoms with E-state index in [-0.39, 0.29) is 11.7 Å². The molecule has 138 valence electrons. The van der Waals surface area contributed by atoms with Gasteiger partial charge in [0.25, 0.3) is 5.91 Å². The number of carbonyl (C=O) groups excluding carboxylic acids is 1. The van der Waals surface area contributed by atoms with Crippen molar-refractivity contribution < 1.29 is 18.7 Å². The van der Waals surface area contributed by atoms with Crippen LogP contribution < -0.4 is 4.74 Å². The first kappa shape index (κ1) is 18.1. The average Bonchev–Trinajstić information content (AvgIpc) is 2.88. The summed E-state index contributed by atoms with van der Waals surface area (Å²) >= 11 is 0. The van der Waals surface area contributed by atoms with E-state index in [1.807, 2.05) is 4.90 Å². The zero-order chi connectivity index (χ0) is 17.6. The second-order valence-electron chi connectivity index (χ2n) is 6.88. The molecular weight excluding hydrogens is 323 g/mol. The van der Waals surface area contributed by atoms with E-state index in [9.17, 15) is 9.18 Å². The van der Waals surface area contributed by atoms with Crippen LogP contribution in [0.5, 0.6) is 5.75 Å². The molecule has 5 nitrogen and oxygen atoms in total. The first-order valence-electron chi connectivity index (χ1n) is 9.10. The summed E-state index contributed by atoms with van der Waals surface area (Å²) in [5.74, 6) is 0.217. The van der Waals surface area contributed by atoms with Gasteiger partial charge >= 0.3 is 0 Å². The number of amides is 1. The molecule has 1 unspecified atom stereocenters. The SMILES string of the molecule is COc1cc(C(=O)N2CCCN(CC3CCCOC3)CC2)ccc1F. The zero-order valence-electron chi connectivity index (χ0n) is 14.9. The van der Waals surface area contributed by atoms with Crippen molar-refractivity contribution in [2.45, 2.75) is 19.3 Å². The Balaban J connectivity index is 1.57. The zero-order valence-corrected chi connectivity index (χ0v) is 14.9. The van der Waals surface area contributed by atoms with Crippen LogP contribution in [0.3, 0.4) is 0 Å². The highest BCUT2D eigenvalue weighted by Crippen LogP contribution is 2.20. The Kier molecular flexibility index (Phi) is 6.26. The van der Waals surface area contributed by atoms with Crippen LogP contribution in [0.25, 0.3) is 0 Å². The van der Waals surface area contributed by atoms with Gasteiger partial charge in [-0.1, -0.05) is 0 Å². The molecule has 0 spiro atoms. The van der Waals surface area contributed by atoms with Crippen LogP contribution in [0.15, 0.2) is 18.2 Å². The Morgan fingerprint density at radius 1 is 1.28 bits per heavy atom. The molecule has 1 atom stereocenters. The minimum Gasteiger partial charge on any atom is -0.494 e. The molecular formula is C19H27FN2O3. The fourth-order valence-corrected chi connectivity index (χ4v) is 3.65. The van der Waals surface area contributed by atoms with Gasteiger partial charge in [0.15, 0.2) is 11.6 Å². The summed E-state index contributed by atoms with van der Waals surface area (Å²) in [6.45, 7) is 6.11. The molecule has 0 radical (unpaired) electrons. The predicted octanol–water partition coefficient (Wildman–Crippen LogP) is 2.41. The van der Waals surface area contributed by atoms with Gasteiger partial charge in [0.05, 0.1) is 13.7 Å². The van der Waals surface area contributed by atoms with Crippen molar-refractivity contribution in [2.75, 3.05) is 53.0 Å². The third-order valence-electron chi connectivity index (χ3n) is 5.04. The van der Waals surface area contributed by atoms with Crippen molar-refractivity contribution in [3.05, 3.63) is 29.6 Å². The fourth-order valence-electron chi connectivity index (χ4n) is 3.65. The van der Waals surface area contributed by atoms with Crippen LogP contribution in [0, 0.1) is 11.7 Å². The number of benzene rings is 1. The summed E-state index contributed by atoms with van der Waals surface area (Å²) in [7, 11) is 1.41. The molecule has 0 bridgehead atoms. The molecule has 2 heterocycles. The van der Waals surface area contributed by atoms with Crippen LogP contribution in [0.4, 0.5) is 4.39 Å². The summed E-state index contributed by atoms with van der Waals surface area (Å²) in [4.78, 5) is 17.0. The Hall–Kier alpha value is -1.66. The van der Waals surface area contributed by atoms with E-state index in [1.54, 1.807) is 0 Å². The van der Waals surface area contributed by atoms with Crippen molar-refractivity contribution in [1.29, 1.82) is 0 Å². The second kappa shape index (κ2) is 8.63. The molecule has 1 amide bonds. The number of hydrogen-bond donors (Lipinski definition) is 0. The molecule has 0 N–H and O–H groups in total. The number of carbonyl (C=O) groups is 1. The molecule has 2 fully saturated rings. The van der Waals surface area contributed by atoms with Crippen molar-refractivity contribution in [1.82, 2.24) is 9.80 Å². The van der Waals surface area contributed by atoms with Gasteiger partial charge in [-0.15, -0.1) is 0 Å². The lowest BCUT2D eigenvalue weighted by Crippen LogP contribution is -2.38. The van der Waals surface area contributed by atoms with Crippen molar-refractivity contribution >= 4 is 5.91 Å². The van der Waals surface area contributed by atoms with E-state index >= 15 is 0 Å². The maximum absolute atomic E-state index is 13.5. The van der Waals surface area contributed by atoms with E-state index < -0.39 is 5.82 Å². The third-order valence-corrected chi connectivity index (χ3v) is 5.04. The quantitative estimate of drug-likeness (QED) is 0.836. The largest absolute Gasteiger partial charge is 0.494 e. The summed E-state index contributed by atoms with van der Waals surface area (Å²) in [5, 5.41) is 0. The van der Waals surface area contributed by atoms with Crippen LogP contribution in [-0.2, 0) is 4.74 Å². The highest BCUT2D eigenvalue weighted by molar-refractivity contribution is 5.94. The maximum Gasteiger partial charge on any atom is 0.254 e. The molecule has 3 rings (SSSR count). The third kappa shape index (κ3) is 4.70. The van der Waals surface area contributed by atoms with Crippen molar-refractivity contribution in [3.63, 3.8) is 0 Å². The van der Waals surface area contributed by atoms with Gasteiger partial charge in [-0.3, -0.25) is 4.79 Å². The highest BCUT2D eigenvalue weighted by Gasteiger charge is 2.23. The Morgan fingerprint density at radius 2 is 2.16 bits per heavy atom. The Bertz CT molecular complexity index is 590. The molecule has 6 heteroatoms. The number of rotatable bonds is 4. The topological polar surface area (TPSA) is 42.0 Å².